The van der Waals surface area contributed by atoms with Crippen LogP contribution >= 0.6 is 0 Å². The van der Waals surface area contributed by atoms with Crippen LogP contribution in [0.3, 0.4) is 0 Å². The minimum atomic E-state index is -5.07. The van der Waals surface area contributed by atoms with Crippen molar-refractivity contribution in [3.8, 4) is 0 Å². The van der Waals surface area contributed by atoms with Crippen molar-refractivity contribution in [3.05, 3.63) is 69.8 Å². The zero-order valence-electron chi connectivity index (χ0n) is 20.9. The van der Waals surface area contributed by atoms with Crippen molar-refractivity contribution >= 4 is 29.3 Å². The Bertz CT molecular complexity index is 1380. The lowest BCUT2D eigenvalue weighted by Gasteiger charge is -2.25. The molecule has 1 fully saturated rings. The number of nitrogens with one attached hydrogen (secondary N) is 1. The highest BCUT2D eigenvalue weighted by molar-refractivity contribution is 6.23. The molecule has 3 amide bonds. The maximum Gasteiger partial charge on any atom is 0.416 e. The van der Waals surface area contributed by atoms with E-state index in [2.05, 4.69) is 5.32 Å². The Morgan fingerprint density at radius 1 is 0.950 bits per heavy atom. The molecule has 0 bridgehead atoms. The van der Waals surface area contributed by atoms with Gasteiger partial charge in [-0.3, -0.25) is 28.9 Å². The fourth-order valence-electron chi connectivity index (χ4n) is 4.94. The molecule has 2 aromatic carbocycles. The van der Waals surface area contributed by atoms with Crippen LogP contribution in [-0.2, 0) is 39.7 Å². The van der Waals surface area contributed by atoms with Crippen molar-refractivity contribution in [2.24, 2.45) is 5.92 Å². The number of hydrogen-bond donors (Lipinski definition) is 1. The first kappa shape index (κ1) is 29.0. The summed E-state index contributed by atoms with van der Waals surface area (Å²) in [5.74, 6) is -3.73. The molecule has 13 heteroatoms. The first-order valence-electron chi connectivity index (χ1n) is 12.2. The van der Waals surface area contributed by atoms with E-state index in [0.717, 1.165) is 4.90 Å². The molecule has 1 aliphatic carbocycles. The smallest absolute Gasteiger partial charge is 0.352 e. The van der Waals surface area contributed by atoms with Crippen LogP contribution in [0.5, 0.6) is 0 Å². The highest BCUT2D eigenvalue weighted by Gasteiger charge is 2.45. The molecule has 0 spiro atoms. The van der Waals surface area contributed by atoms with E-state index in [1.54, 1.807) is 6.92 Å². The van der Waals surface area contributed by atoms with Crippen molar-refractivity contribution in [3.63, 3.8) is 0 Å². The van der Waals surface area contributed by atoms with Gasteiger partial charge >= 0.3 is 12.4 Å². The topological polar surface area (TPSA) is 101 Å². The van der Waals surface area contributed by atoms with Gasteiger partial charge in [-0.1, -0.05) is 19.1 Å². The highest BCUT2D eigenvalue weighted by Crippen LogP contribution is 2.36. The number of Topliss-reactive ketones (excluding diaryl/α,β-unsaturated/α-hetero) is 2. The molecule has 2 aliphatic rings. The normalized spacial score (nSPS) is 20.0. The van der Waals surface area contributed by atoms with Crippen LogP contribution in [-0.4, -0.2) is 40.2 Å². The van der Waals surface area contributed by atoms with E-state index in [0.29, 0.717) is 12.1 Å². The van der Waals surface area contributed by atoms with E-state index < -0.39 is 70.9 Å². The number of ketones is 2. The number of nitrogens with zero attached hydrogens (tertiary/aromatic N) is 1. The lowest BCUT2D eigenvalue weighted by atomic mass is 9.97. The molecule has 0 aromatic heterocycles. The number of benzene rings is 2. The predicted molar refractivity (Wildman–Crippen MR) is 126 cm³/mol. The van der Waals surface area contributed by atoms with Crippen LogP contribution in [0.25, 0.3) is 0 Å². The number of fused-ring (bicyclic) bond motifs is 1. The monoisotopic (exact) mass is 568 g/mol. The van der Waals surface area contributed by atoms with E-state index >= 15 is 0 Å². The zero-order valence-corrected chi connectivity index (χ0v) is 20.9. The number of imide groups is 1. The first-order valence-corrected chi connectivity index (χ1v) is 12.2. The number of alkyl halides is 6. The SMILES string of the molecule is CC1CC(=O)CCC(N2C(=O)c3cccc(CNC(=O)Cc4cc(C(F)(F)F)cc(C(F)(F)F)c4)c3C2=O)C1=O. The summed E-state index contributed by atoms with van der Waals surface area (Å²) in [6, 6.07) is 3.92. The van der Waals surface area contributed by atoms with Gasteiger partial charge in [-0.2, -0.15) is 26.3 Å². The average molecular weight is 568 g/mol. The number of rotatable bonds is 5. The van der Waals surface area contributed by atoms with E-state index in [1.165, 1.54) is 18.2 Å². The summed E-state index contributed by atoms with van der Waals surface area (Å²) in [6.45, 7) is 1.17. The zero-order chi connectivity index (χ0) is 29.6. The third-order valence-corrected chi connectivity index (χ3v) is 6.88. The van der Waals surface area contributed by atoms with Crippen LogP contribution in [0.15, 0.2) is 36.4 Å². The van der Waals surface area contributed by atoms with Crippen molar-refractivity contribution in [2.75, 3.05) is 0 Å². The molecule has 40 heavy (non-hydrogen) atoms. The molecule has 1 aliphatic heterocycles. The Morgan fingerprint density at radius 2 is 1.57 bits per heavy atom. The summed E-state index contributed by atoms with van der Waals surface area (Å²) < 4.78 is 78.7. The Morgan fingerprint density at radius 3 is 2.17 bits per heavy atom. The van der Waals surface area contributed by atoms with E-state index in [1.807, 2.05) is 0 Å². The standard InChI is InChI=1S/C27H22F6N2O5/c1-13-7-18(36)5-6-20(23(13)38)35-24(39)19-4-2-3-15(22(19)25(35)40)12-34-21(37)10-14-8-16(26(28,29)30)11-17(9-14)27(31,32)33/h2-4,8-9,11,13,20H,5-7,10,12H2,1H3,(H,34,37). The van der Waals surface area contributed by atoms with Gasteiger partial charge in [0.1, 0.15) is 5.78 Å². The van der Waals surface area contributed by atoms with Gasteiger partial charge in [0, 0.05) is 25.3 Å². The van der Waals surface area contributed by atoms with Gasteiger partial charge in [-0.15, -0.1) is 0 Å². The van der Waals surface area contributed by atoms with E-state index in [9.17, 15) is 50.3 Å². The fraction of sp³-hybridized carbons (Fsp3) is 0.370. The lowest BCUT2D eigenvalue weighted by molar-refractivity contribution is -0.143. The summed E-state index contributed by atoms with van der Waals surface area (Å²) in [4.78, 5) is 64.6. The summed E-state index contributed by atoms with van der Waals surface area (Å²) in [7, 11) is 0. The summed E-state index contributed by atoms with van der Waals surface area (Å²) in [6.07, 6.45) is -11.0. The maximum atomic E-state index is 13.3. The van der Waals surface area contributed by atoms with E-state index in [-0.39, 0.29) is 54.3 Å². The Balaban J connectivity index is 1.53. The number of carbonyl (C=O) groups is 5. The molecule has 1 heterocycles. The molecule has 2 atom stereocenters. The number of carbonyl (C=O) groups excluding carboxylic acids is 5. The van der Waals surface area contributed by atoms with Crippen LogP contribution in [0.2, 0.25) is 0 Å². The molecule has 212 valence electrons. The van der Waals surface area contributed by atoms with Gasteiger partial charge in [-0.25, -0.2) is 0 Å². The molecule has 7 nitrogen and oxygen atoms in total. The van der Waals surface area contributed by atoms with E-state index in [4.69, 9.17) is 0 Å². The van der Waals surface area contributed by atoms with Gasteiger partial charge in [0.25, 0.3) is 11.8 Å². The molecule has 2 unspecified atom stereocenters. The summed E-state index contributed by atoms with van der Waals surface area (Å²) >= 11 is 0. The van der Waals surface area contributed by atoms with Gasteiger partial charge in [0.15, 0.2) is 5.78 Å². The van der Waals surface area contributed by atoms with Gasteiger partial charge in [-0.05, 0) is 41.8 Å². The van der Waals surface area contributed by atoms with Crippen LogP contribution < -0.4 is 5.32 Å². The maximum absolute atomic E-state index is 13.3. The highest BCUT2D eigenvalue weighted by atomic mass is 19.4. The first-order chi connectivity index (χ1) is 18.6. The third kappa shape index (κ3) is 5.77. The largest absolute Gasteiger partial charge is 0.416 e. The molecule has 2 aromatic rings. The van der Waals surface area contributed by atoms with Gasteiger partial charge in [0.2, 0.25) is 5.91 Å². The van der Waals surface area contributed by atoms with Crippen LogP contribution in [0.1, 0.15) is 69.2 Å². The van der Waals surface area contributed by atoms with Crippen molar-refractivity contribution < 1.29 is 50.3 Å². The molecule has 0 radical (unpaired) electrons. The number of halogens is 6. The second-order valence-corrected chi connectivity index (χ2v) is 9.79. The molecular weight excluding hydrogens is 546 g/mol. The average Bonchev–Trinajstić information content (AvgIpc) is 3.04. The quantitative estimate of drug-likeness (QED) is 0.325. The summed E-state index contributed by atoms with van der Waals surface area (Å²) in [5, 5.41) is 2.36. The van der Waals surface area contributed by atoms with Crippen molar-refractivity contribution in [2.45, 2.75) is 57.5 Å². The Hall–Kier alpha value is -4.03. The second-order valence-electron chi connectivity index (χ2n) is 9.79. The van der Waals surface area contributed by atoms with Crippen molar-refractivity contribution in [1.29, 1.82) is 0 Å². The molecule has 1 N–H and O–H groups in total. The molecule has 4 rings (SSSR count). The fourth-order valence-corrected chi connectivity index (χ4v) is 4.94. The number of hydrogen-bond acceptors (Lipinski definition) is 5. The van der Waals surface area contributed by atoms with Gasteiger partial charge < -0.3 is 5.32 Å². The Labute approximate surface area is 223 Å². The third-order valence-electron chi connectivity index (χ3n) is 6.88. The second kappa shape index (κ2) is 10.5. The van der Waals surface area contributed by atoms with Crippen molar-refractivity contribution in [1.82, 2.24) is 10.2 Å². The number of amides is 3. The molecule has 1 saturated carbocycles. The van der Waals surface area contributed by atoms with Gasteiger partial charge in [0.05, 0.1) is 34.7 Å². The Kier molecular flexibility index (Phi) is 7.61. The van der Waals surface area contributed by atoms with Crippen LogP contribution in [0.4, 0.5) is 26.3 Å². The molecule has 0 saturated heterocycles. The predicted octanol–water partition coefficient (Wildman–Crippen LogP) is 4.51. The minimum absolute atomic E-state index is 0.00608. The molecular formula is C27H22F6N2O5. The summed E-state index contributed by atoms with van der Waals surface area (Å²) in [5.41, 5.74) is -3.58. The minimum Gasteiger partial charge on any atom is -0.352 e. The van der Waals surface area contributed by atoms with Crippen LogP contribution in [0, 0.1) is 5.92 Å². The lowest BCUT2D eigenvalue weighted by Crippen LogP contribution is -2.46.